The van der Waals surface area contributed by atoms with Gasteiger partial charge in [-0.3, -0.25) is 9.59 Å². The number of amides is 2. The van der Waals surface area contributed by atoms with E-state index in [1.165, 1.54) is 0 Å². The molecule has 1 atom stereocenters. The van der Waals surface area contributed by atoms with E-state index in [4.69, 9.17) is 5.73 Å². The fourth-order valence-corrected chi connectivity index (χ4v) is 3.19. The van der Waals surface area contributed by atoms with Crippen LogP contribution in [0, 0.1) is 0 Å². The van der Waals surface area contributed by atoms with Crippen LogP contribution in [-0.4, -0.2) is 57.1 Å². The van der Waals surface area contributed by atoms with Gasteiger partial charge in [-0.05, 0) is 51.9 Å². The molecule has 0 aromatic heterocycles. The minimum Gasteiger partial charge on any atom is -0.353 e. The lowest BCUT2D eigenvalue weighted by molar-refractivity contribution is -0.128. The molecule has 0 saturated carbocycles. The van der Waals surface area contributed by atoms with E-state index >= 15 is 0 Å². The molecule has 7 nitrogen and oxygen atoms in total. The highest BCUT2D eigenvalue weighted by molar-refractivity contribution is 5.87. The van der Waals surface area contributed by atoms with E-state index in [1.807, 2.05) is 6.08 Å². The van der Waals surface area contributed by atoms with Gasteiger partial charge < -0.3 is 27.0 Å². The second kappa shape index (κ2) is 28.8. The summed E-state index contributed by atoms with van der Waals surface area (Å²) in [4.78, 5) is 24.1. The Hall–Kier alpha value is -2.74. The Morgan fingerprint density at radius 3 is 1.61 bits per heavy atom. The average Bonchev–Trinajstić information content (AvgIpc) is 2.91. The zero-order chi connectivity index (χ0) is 27.9. The van der Waals surface area contributed by atoms with Gasteiger partial charge in [0.1, 0.15) is 6.04 Å². The molecule has 38 heavy (non-hydrogen) atoms. The Morgan fingerprint density at radius 2 is 1.11 bits per heavy atom. The van der Waals surface area contributed by atoms with Crippen molar-refractivity contribution in [2.75, 3.05) is 39.3 Å². The van der Waals surface area contributed by atoms with Crippen LogP contribution in [0.15, 0.2) is 72.9 Å². The van der Waals surface area contributed by atoms with Crippen LogP contribution in [0.4, 0.5) is 0 Å². The highest BCUT2D eigenvalue weighted by Crippen LogP contribution is 1.98. The van der Waals surface area contributed by atoms with Crippen molar-refractivity contribution in [3.8, 4) is 0 Å². The molecule has 0 aliphatic heterocycles. The minimum atomic E-state index is -0.543. The zero-order valence-electron chi connectivity index (χ0n) is 23.8. The molecule has 0 saturated heterocycles. The third-order valence-corrected chi connectivity index (χ3v) is 5.31. The summed E-state index contributed by atoms with van der Waals surface area (Å²) < 4.78 is 0. The van der Waals surface area contributed by atoms with Gasteiger partial charge in [0, 0.05) is 45.7 Å². The summed E-state index contributed by atoms with van der Waals surface area (Å²) in [6.45, 7) is 8.14. The lowest BCUT2D eigenvalue weighted by Gasteiger charge is -2.14. The summed E-state index contributed by atoms with van der Waals surface area (Å²) in [5.41, 5.74) is 5.41. The molecule has 0 aromatic rings. The van der Waals surface area contributed by atoms with Crippen LogP contribution in [-0.2, 0) is 9.59 Å². The first-order chi connectivity index (χ1) is 18.6. The van der Waals surface area contributed by atoms with Crippen LogP contribution in [0.25, 0.3) is 0 Å². The summed E-state index contributed by atoms with van der Waals surface area (Å²) in [5.74, 6) is -0.286. The van der Waals surface area contributed by atoms with Crippen LogP contribution >= 0.6 is 0 Å². The summed E-state index contributed by atoms with van der Waals surface area (Å²) in [6, 6.07) is -0.543. The van der Waals surface area contributed by atoms with Gasteiger partial charge in [0.2, 0.25) is 11.8 Å². The Kier molecular flexibility index (Phi) is 26.7. The van der Waals surface area contributed by atoms with Gasteiger partial charge in [0.25, 0.3) is 0 Å². The molecule has 6 N–H and O–H groups in total. The van der Waals surface area contributed by atoms with Gasteiger partial charge >= 0.3 is 0 Å². The molecule has 0 aromatic carbocycles. The molecule has 214 valence electrons. The van der Waals surface area contributed by atoms with Crippen molar-refractivity contribution >= 4 is 11.8 Å². The van der Waals surface area contributed by atoms with Crippen LogP contribution in [0.3, 0.4) is 0 Å². The number of hydrogen-bond acceptors (Lipinski definition) is 5. The fourth-order valence-electron chi connectivity index (χ4n) is 3.19. The number of rotatable bonds is 24. The van der Waals surface area contributed by atoms with E-state index < -0.39 is 6.04 Å². The molecule has 0 radical (unpaired) electrons. The molecule has 0 heterocycles. The second-order valence-electron chi connectivity index (χ2n) is 8.82. The smallest absolute Gasteiger partial charge is 0.242 e. The molecule has 0 spiro atoms. The number of nitrogens with one attached hydrogen (secondary N) is 4. The normalized spacial score (nSPS) is 13.2. The third-order valence-electron chi connectivity index (χ3n) is 5.31. The van der Waals surface area contributed by atoms with Gasteiger partial charge in [0.15, 0.2) is 0 Å². The number of allylic oxidation sites excluding steroid dienone is 12. The maximum Gasteiger partial charge on any atom is 0.242 e. The molecule has 0 bridgehead atoms. The van der Waals surface area contributed by atoms with Gasteiger partial charge in [-0.25, -0.2) is 0 Å². The Balaban J connectivity index is 3.72. The lowest BCUT2D eigenvalue weighted by Crippen LogP contribution is -2.46. The van der Waals surface area contributed by atoms with Crippen molar-refractivity contribution in [1.29, 1.82) is 0 Å². The number of nitrogens with two attached hydrogens (primary N) is 1. The monoisotopic (exact) mass is 527 g/mol. The summed E-state index contributed by atoms with van der Waals surface area (Å²) in [7, 11) is 0. The van der Waals surface area contributed by atoms with Crippen LogP contribution < -0.4 is 27.0 Å². The highest BCUT2D eigenvalue weighted by atomic mass is 16.2. The standard InChI is InChI=1S/C31H53N5O2/c1-3-4-5-6-7-8-9-10-11-12-13-14-15-16-17-18-19-20-21-22-30(37)36-29(2)31(38)35-28-27-34-26-25-33-24-23-32/h4-5,7-8,10-11,13-14,16-17,19-20,29,33-34H,3,6,9,12,15,18,21-28,32H2,1-2H3,(H,35,38)(H,36,37). The molecule has 7 heteroatoms. The number of carbonyl (C=O) groups is 2. The van der Waals surface area contributed by atoms with Crippen molar-refractivity contribution in [3.63, 3.8) is 0 Å². The Labute approximate surface area is 231 Å². The van der Waals surface area contributed by atoms with Gasteiger partial charge in [-0.2, -0.15) is 0 Å². The minimum absolute atomic E-state index is 0.115. The molecular formula is C31H53N5O2. The molecule has 0 aliphatic rings. The quantitative estimate of drug-likeness (QED) is 0.0954. The maximum atomic E-state index is 12.1. The van der Waals surface area contributed by atoms with Crippen LogP contribution in [0.5, 0.6) is 0 Å². The first-order valence-electron chi connectivity index (χ1n) is 14.2. The maximum absolute atomic E-state index is 12.1. The van der Waals surface area contributed by atoms with Crippen molar-refractivity contribution in [2.24, 2.45) is 5.73 Å². The molecule has 0 rings (SSSR count). The molecule has 1 unspecified atom stereocenters. The van der Waals surface area contributed by atoms with E-state index in [0.717, 1.165) is 58.2 Å². The lowest BCUT2D eigenvalue weighted by atomic mass is 10.2. The van der Waals surface area contributed by atoms with Gasteiger partial charge in [-0.15, -0.1) is 0 Å². The zero-order valence-corrected chi connectivity index (χ0v) is 23.8. The molecule has 0 fully saturated rings. The number of hydrogen-bond donors (Lipinski definition) is 5. The largest absolute Gasteiger partial charge is 0.353 e. The Bertz CT molecular complexity index is 753. The van der Waals surface area contributed by atoms with Crippen molar-refractivity contribution in [2.45, 2.75) is 71.3 Å². The molecular weight excluding hydrogens is 474 g/mol. The summed E-state index contributed by atoms with van der Waals surface area (Å²) in [5, 5.41) is 12.0. The first kappa shape index (κ1) is 35.3. The van der Waals surface area contributed by atoms with Gasteiger partial charge in [-0.1, -0.05) is 79.8 Å². The van der Waals surface area contributed by atoms with E-state index in [-0.39, 0.29) is 11.8 Å². The predicted octanol–water partition coefficient (Wildman–Crippen LogP) is 4.22. The summed E-state index contributed by atoms with van der Waals surface area (Å²) >= 11 is 0. The Morgan fingerprint density at radius 1 is 0.658 bits per heavy atom. The van der Waals surface area contributed by atoms with Gasteiger partial charge in [0.05, 0.1) is 0 Å². The van der Waals surface area contributed by atoms with Crippen molar-refractivity contribution < 1.29 is 9.59 Å². The fraction of sp³-hybridized carbons (Fsp3) is 0.548. The van der Waals surface area contributed by atoms with Crippen LogP contribution in [0.2, 0.25) is 0 Å². The van der Waals surface area contributed by atoms with Crippen molar-refractivity contribution in [1.82, 2.24) is 21.3 Å². The van der Waals surface area contributed by atoms with E-state index in [1.54, 1.807) is 6.92 Å². The number of carbonyl (C=O) groups excluding carboxylic acids is 2. The van der Waals surface area contributed by atoms with Crippen LogP contribution in [0.1, 0.15) is 65.2 Å². The molecule has 0 aliphatic carbocycles. The second-order valence-corrected chi connectivity index (χ2v) is 8.82. The SMILES string of the molecule is CCC=CCC=CCC=CCC=CCC=CCC=CCCC(=O)NC(C)C(=O)NCCNCCNCCN. The third kappa shape index (κ3) is 26.3. The van der Waals surface area contributed by atoms with E-state index in [2.05, 4.69) is 95.0 Å². The highest BCUT2D eigenvalue weighted by Gasteiger charge is 2.14. The van der Waals surface area contributed by atoms with E-state index in [9.17, 15) is 9.59 Å². The average molecular weight is 528 g/mol. The van der Waals surface area contributed by atoms with Crippen molar-refractivity contribution in [3.05, 3.63) is 72.9 Å². The first-order valence-corrected chi connectivity index (χ1v) is 14.2. The predicted molar refractivity (Wildman–Crippen MR) is 163 cm³/mol. The molecule has 2 amide bonds. The summed E-state index contributed by atoms with van der Waals surface area (Å²) in [6.07, 6.45) is 32.8. The van der Waals surface area contributed by atoms with E-state index in [0.29, 0.717) is 32.5 Å². The topological polar surface area (TPSA) is 108 Å².